The number of ether oxygens (including phenoxy) is 2. The molecule has 0 unspecified atom stereocenters. The molecule has 0 spiro atoms. The first kappa shape index (κ1) is 21.6. The fourth-order valence-electron chi connectivity index (χ4n) is 3.81. The molecule has 32 heavy (non-hydrogen) atoms. The highest BCUT2D eigenvalue weighted by Crippen LogP contribution is 2.30. The number of hydrogen-bond donors (Lipinski definition) is 1. The Hall–Kier alpha value is -3.62. The zero-order chi connectivity index (χ0) is 22.3. The molecule has 1 N–H and O–H groups in total. The van der Waals surface area contributed by atoms with Crippen molar-refractivity contribution in [3.8, 4) is 22.9 Å². The third-order valence-corrected chi connectivity index (χ3v) is 5.50. The normalized spacial score (nSPS) is 14.0. The van der Waals surface area contributed by atoms with E-state index in [9.17, 15) is 4.79 Å². The highest BCUT2D eigenvalue weighted by atomic mass is 16.5. The van der Waals surface area contributed by atoms with E-state index in [1.807, 2.05) is 18.2 Å². The van der Waals surface area contributed by atoms with Gasteiger partial charge in [0, 0.05) is 30.0 Å². The third kappa shape index (κ3) is 5.16. The van der Waals surface area contributed by atoms with Gasteiger partial charge in [-0.15, -0.1) is 10.2 Å². The summed E-state index contributed by atoms with van der Waals surface area (Å²) in [6.07, 6.45) is 5.06. The lowest BCUT2D eigenvalue weighted by Gasteiger charge is -2.22. The molecule has 2 heterocycles. The van der Waals surface area contributed by atoms with Crippen molar-refractivity contribution in [1.29, 1.82) is 0 Å². The van der Waals surface area contributed by atoms with Crippen molar-refractivity contribution >= 4 is 17.3 Å². The summed E-state index contributed by atoms with van der Waals surface area (Å²) in [5.41, 5.74) is 2.66. The van der Waals surface area contributed by atoms with Crippen LogP contribution in [0.3, 0.4) is 0 Å². The summed E-state index contributed by atoms with van der Waals surface area (Å²) in [5, 5.41) is 15.2. The number of amides is 1. The van der Waals surface area contributed by atoms with E-state index in [1.165, 1.54) is 36.2 Å². The van der Waals surface area contributed by atoms with Gasteiger partial charge in [-0.2, -0.15) is 4.80 Å². The van der Waals surface area contributed by atoms with Gasteiger partial charge < -0.3 is 19.7 Å². The number of methoxy groups -OCH3 is 2. The molecule has 1 aliphatic rings. The van der Waals surface area contributed by atoms with Crippen LogP contribution in [0.4, 0.5) is 11.4 Å². The average molecular weight is 437 g/mol. The quantitative estimate of drug-likeness (QED) is 0.607. The standard InChI is InChI=1S/C23H28N6O3/c1-31-20-12-7-17(15-21(20)32-2)23-25-27-29(26-23)16-22(30)24-18-8-10-19(11-9-18)28-13-5-3-4-6-14-28/h7-12,15H,3-6,13-14,16H2,1-2H3,(H,24,30). The fourth-order valence-corrected chi connectivity index (χ4v) is 3.81. The number of nitrogens with zero attached hydrogens (tertiary/aromatic N) is 5. The Balaban J connectivity index is 1.36. The van der Waals surface area contributed by atoms with Crippen LogP contribution in [0.25, 0.3) is 11.4 Å². The fraction of sp³-hybridized carbons (Fsp3) is 0.391. The molecule has 0 aliphatic carbocycles. The number of nitrogens with one attached hydrogen (secondary N) is 1. The summed E-state index contributed by atoms with van der Waals surface area (Å²) < 4.78 is 10.6. The van der Waals surface area contributed by atoms with E-state index >= 15 is 0 Å². The van der Waals surface area contributed by atoms with E-state index in [-0.39, 0.29) is 12.5 Å². The molecular weight excluding hydrogens is 408 g/mol. The van der Waals surface area contributed by atoms with Gasteiger partial charge in [-0.1, -0.05) is 12.8 Å². The molecule has 9 heteroatoms. The second-order valence-electron chi connectivity index (χ2n) is 7.71. The van der Waals surface area contributed by atoms with Gasteiger partial charge in [0.15, 0.2) is 11.5 Å². The third-order valence-electron chi connectivity index (χ3n) is 5.50. The molecule has 0 saturated carbocycles. The van der Waals surface area contributed by atoms with E-state index in [2.05, 4.69) is 37.8 Å². The molecule has 1 fully saturated rings. The number of tetrazole rings is 1. The maximum atomic E-state index is 12.5. The van der Waals surface area contributed by atoms with Crippen LogP contribution in [0.15, 0.2) is 42.5 Å². The summed E-state index contributed by atoms with van der Waals surface area (Å²) >= 11 is 0. The first-order chi connectivity index (χ1) is 15.7. The maximum absolute atomic E-state index is 12.5. The average Bonchev–Trinajstić information content (AvgIpc) is 3.10. The molecule has 9 nitrogen and oxygen atoms in total. The van der Waals surface area contributed by atoms with Crippen molar-refractivity contribution in [2.75, 3.05) is 37.5 Å². The van der Waals surface area contributed by atoms with E-state index in [4.69, 9.17) is 9.47 Å². The largest absolute Gasteiger partial charge is 0.493 e. The summed E-state index contributed by atoms with van der Waals surface area (Å²) in [7, 11) is 3.14. The predicted molar refractivity (Wildman–Crippen MR) is 122 cm³/mol. The van der Waals surface area contributed by atoms with E-state index in [1.54, 1.807) is 26.4 Å². The van der Waals surface area contributed by atoms with Crippen molar-refractivity contribution < 1.29 is 14.3 Å². The van der Waals surface area contributed by atoms with Crippen molar-refractivity contribution in [2.45, 2.75) is 32.2 Å². The molecule has 0 atom stereocenters. The van der Waals surface area contributed by atoms with Gasteiger partial charge >= 0.3 is 0 Å². The van der Waals surface area contributed by atoms with Crippen LogP contribution in [0.1, 0.15) is 25.7 Å². The monoisotopic (exact) mass is 436 g/mol. The Kier molecular flexibility index (Phi) is 6.84. The second-order valence-corrected chi connectivity index (χ2v) is 7.71. The Morgan fingerprint density at radius 1 is 0.969 bits per heavy atom. The smallest absolute Gasteiger partial charge is 0.248 e. The van der Waals surface area contributed by atoms with Gasteiger partial charge in [-0.3, -0.25) is 4.79 Å². The van der Waals surface area contributed by atoms with Crippen LogP contribution < -0.4 is 19.7 Å². The Morgan fingerprint density at radius 3 is 2.38 bits per heavy atom. The van der Waals surface area contributed by atoms with E-state index in [0.717, 1.165) is 24.3 Å². The molecule has 3 aromatic rings. The van der Waals surface area contributed by atoms with Crippen molar-refractivity contribution in [2.24, 2.45) is 0 Å². The summed E-state index contributed by atoms with van der Waals surface area (Å²) in [6.45, 7) is 2.15. The minimum absolute atomic E-state index is 0.0336. The first-order valence-corrected chi connectivity index (χ1v) is 10.8. The lowest BCUT2D eigenvalue weighted by molar-refractivity contribution is -0.117. The van der Waals surface area contributed by atoms with Gasteiger partial charge in [0.2, 0.25) is 11.7 Å². The minimum atomic E-state index is -0.219. The maximum Gasteiger partial charge on any atom is 0.248 e. The SMILES string of the molecule is COc1ccc(-c2nnn(CC(=O)Nc3ccc(N4CCCCCC4)cc3)n2)cc1OC. The summed E-state index contributed by atoms with van der Waals surface area (Å²) in [5.74, 6) is 1.37. The second kappa shape index (κ2) is 10.1. The summed E-state index contributed by atoms with van der Waals surface area (Å²) in [4.78, 5) is 16.1. The van der Waals surface area contributed by atoms with Gasteiger partial charge in [0.25, 0.3) is 0 Å². The zero-order valence-electron chi connectivity index (χ0n) is 18.5. The molecule has 1 saturated heterocycles. The number of carbonyl (C=O) groups excluding carboxylic acids is 1. The molecule has 1 aromatic heterocycles. The van der Waals surface area contributed by atoms with Crippen LogP contribution in [-0.2, 0) is 11.3 Å². The van der Waals surface area contributed by atoms with Crippen molar-refractivity contribution in [3.05, 3.63) is 42.5 Å². The molecule has 0 bridgehead atoms. The summed E-state index contributed by atoms with van der Waals surface area (Å²) in [6, 6.07) is 13.3. The topological polar surface area (TPSA) is 94.4 Å². The van der Waals surface area contributed by atoms with Crippen LogP contribution in [0, 0.1) is 0 Å². The molecule has 4 rings (SSSR count). The Bertz CT molecular complexity index is 1040. The van der Waals surface area contributed by atoms with Gasteiger partial charge in [-0.05, 0) is 60.5 Å². The molecular formula is C23H28N6O3. The van der Waals surface area contributed by atoms with Crippen LogP contribution in [0.5, 0.6) is 11.5 Å². The molecule has 1 amide bonds. The number of aromatic nitrogens is 4. The van der Waals surface area contributed by atoms with Gasteiger partial charge in [-0.25, -0.2) is 0 Å². The molecule has 2 aromatic carbocycles. The van der Waals surface area contributed by atoms with Crippen LogP contribution >= 0.6 is 0 Å². The number of carbonyl (C=O) groups is 1. The van der Waals surface area contributed by atoms with Gasteiger partial charge in [0.05, 0.1) is 14.2 Å². The molecule has 168 valence electrons. The van der Waals surface area contributed by atoms with Gasteiger partial charge in [0.1, 0.15) is 6.54 Å². The Morgan fingerprint density at radius 2 is 1.69 bits per heavy atom. The van der Waals surface area contributed by atoms with Crippen LogP contribution in [0.2, 0.25) is 0 Å². The Labute approximate surface area is 187 Å². The van der Waals surface area contributed by atoms with E-state index < -0.39 is 0 Å². The lowest BCUT2D eigenvalue weighted by Crippen LogP contribution is -2.24. The number of rotatable bonds is 7. The highest BCUT2D eigenvalue weighted by Gasteiger charge is 2.13. The first-order valence-electron chi connectivity index (χ1n) is 10.8. The highest BCUT2D eigenvalue weighted by molar-refractivity contribution is 5.90. The lowest BCUT2D eigenvalue weighted by atomic mass is 10.2. The number of anilines is 2. The predicted octanol–water partition coefficient (Wildman–Crippen LogP) is 3.38. The molecule has 0 radical (unpaired) electrons. The van der Waals surface area contributed by atoms with Crippen molar-refractivity contribution in [1.82, 2.24) is 20.2 Å². The van der Waals surface area contributed by atoms with E-state index in [0.29, 0.717) is 17.3 Å². The number of benzene rings is 2. The minimum Gasteiger partial charge on any atom is -0.493 e. The molecule has 1 aliphatic heterocycles. The number of hydrogen-bond acceptors (Lipinski definition) is 7. The van der Waals surface area contributed by atoms with Crippen LogP contribution in [-0.4, -0.2) is 53.4 Å². The van der Waals surface area contributed by atoms with Crippen molar-refractivity contribution in [3.63, 3.8) is 0 Å². The zero-order valence-corrected chi connectivity index (χ0v) is 18.5.